The second-order valence-corrected chi connectivity index (χ2v) is 4.04. The fourth-order valence-corrected chi connectivity index (χ4v) is 1.62. The van der Waals surface area contributed by atoms with Crippen molar-refractivity contribution >= 4 is 23.0 Å². The van der Waals surface area contributed by atoms with Crippen LogP contribution >= 0.6 is 12.2 Å². The normalized spacial score (nSPS) is 10.0. The minimum Gasteiger partial charge on any atom is -0.489 e. The van der Waals surface area contributed by atoms with Crippen LogP contribution in [0.25, 0.3) is 0 Å². The molecule has 0 aliphatic rings. The zero-order valence-corrected chi connectivity index (χ0v) is 10.6. The molecule has 0 radical (unpaired) electrons. The second kappa shape index (κ2) is 6.02. The number of hydrogen-bond acceptors (Lipinski definition) is 3. The summed E-state index contributed by atoms with van der Waals surface area (Å²) in [5.74, 6) is 0.720. The van der Waals surface area contributed by atoms with E-state index < -0.39 is 0 Å². The van der Waals surface area contributed by atoms with Gasteiger partial charge in [-0.1, -0.05) is 12.1 Å². The van der Waals surface area contributed by atoms with Crippen molar-refractivity contribution in [2.45, 2.75) is 6.54 Å². The Bertz CT molecular complexity index is 513. The summed E-state index contributed by atoms with van der Waals surface area (Å²) in [5.41, 5.74) is 6.22. The zero-order valence-electron chi connectivity index (χ0n) is 9.74. The van der Waals surface area contributed by atoms with Crippen molar-refractivity contribution in [3.05, 3.63) is 42.7 Å². The predicted octanol–water partition coefficient (Wildman–Crippen LogP) is 1.62. The fourth-order valence-electron chi connectivity index (χ4n) is 1.51. The molecule has 0 amide bonds. The second-order valence-electron chi connectivity index (χ2n) is 3.60. The Morgan fingerprint density at radius 2 is 2.22 bits per heavy atom. The van der Waals surface area contributed by atoms with E-state index in [2.05, 4.69) is 10.4 Å². The Kier molecular flexibility index (Phi) is 4.14. The number of anilines is 1. The zero-order chi connectivity index (χ0) is 12.8. The molecule has 0 aliphatic carbocycles. The number of nitrogens with one attached hydrogen (secondary N) is 1. The highest BCUT2D eigenvalue weighted by Gasteiger charge is 2.03. The molecule has 6 heteroatoms. The van der Waals surface area contributed by atoms with Crippen LogP contribution in [-0.2, 0) is 6.54 Å². The molecule has 1 aromatic carbocycles. The van der Waals surface area contributed by atoms with Crippen molar-refractivity contribution in [3.8, 4) is 5.75 Å². The molecule has 0 unspecified atom stereocenters. The Morgan fingerprint density at radius 3 is 2.94 bits per heavy atom. The molecule has 0 aliphatic heterocycles. The van der Waals surface area contributed by atoms with Gasteiger partial charge in [0.1, 0.15) is 12.4 Å². The van der Waals surface area contributed by atoms with Crippen LogP contribution in [0.5, 0.6) is 5.75 Å². The molecular formula is C12H14N4OS. The van der Waals surface area contributed by atoms with Gasteiger partial charge in [-0.15, -0.1) is 0 Å². The minimum atomic E-state index is 0.220. The number of rotatable bonds is 5. The van der Waals surface area contributed by atoms with Gasteiger partial charge in [0.25, 0.3) is 0 Å². The van der Waals surface area contributed by atoms with E-state index in [4.69, 9.17) is 22.7 Å². The highest BCUT2D eigenvalue weighted by atomic mass is 32.1. The Hall–Kier alpha value is -2.08. The molecule has 0 bridgehead atoms. The van der Waals surface area contributed by atoms with Gasteiger partial charge in [0.15, 0.2) is 5.11 Å². The van der Waals surface area contributed by atoms with Crippen LogP contribution in [0.3, 0.4) is 0 Å². The van der Waals surface area contributed by atoms with E-state index in [0.29, 0.717) is 13.2 Å². The Balaban J connectivity index is 1.94. The third-order valence-electron chi connectivity index (χ3n) is 2.28. The lowest BCUT2D eigenvalue weighted by molar-refractivity contribution is 0.292. The molecule has 0 fully saturated rings. The first kappa shape index (κ1) is 12.4. The van der Waals surface area contributed by atoms with Crippen molar-refractivity contribution in [1.29, 1.82) is 0 Å². The van der Waals surface area contributed by atoms with Crippen LogP contribution in [0.1, 0.15) is 0 Å². The lowest BCUT2D eigenvalue weighted by atomic mass is 10.3. The van der Waals surface area contributed by atoms with E-state index >= 15 is 0 Å². The SMILES string of the molecule is NC(=S)Nc1ccccc1OCCn1cccn1. The van der Waals surface area contributed by atoms with Gasteiger partial charge < -0.3 is 15.8 Å². The van der Waals surface area contributed by atoms with Crippen molar-refractivity contribution in [2.24, 2.45) is 5.73 Å². The molecule has 0 spiro atoms. The van der Waals surface area contributed by atoms with Crippen molar-refractivity contribution < 1.29 is 4.74 Å². The average Bonchev–Trinajstić information content (AvgIpc) is 2.84. The van der Waals surface area contributed by atoms with E-state index in [0.717, 1.165) is 11.4 Å². The first-order valence-corrected chi connectivity index (χ1v) is 5.92. The number of aromatic nitrogens is 2. The third-order valence-corrected chi connectivity index (χ3v) is 2.38. The summed E-state index contributed by atoms with van der Waals surface area (Å²) in [7, 11) is 0. The van der Waals surface area contributed by atoms with E-state index in [1.807, 2.05) is 41.2 Å². The molecule has 3 N–H and O–H groups in total. The topological polar surface area (TPSA) is 65.1 Å². The molecule has 2 aromatic rings. The van der Waals surface area contributed by atoms with E-state index in [1.54, 1.807) is 6.20 Å². The monoisotopic (exact) mass is 262 g/mol. The highest BCUT2D eigenvalue weighted by molar-refractivity contribution is 7.80. The van der Waals surface area contributed by atoms with Crippen LogP contribution in [0.2, 0.25) is 0 Å². The summed E-state index contributed by atoms with van der Waals surface area (Å²) in [6.45, 7) is 1.21. The maximum Gasteiger partial charge on any atom is 0.168 e. The van der Waals surface area contributed by atoms with Gasteiger partial charge in [-0.3, -0.25) is 4.68 Å². The van der Waals surface area contributed by atoms with E-state index in [1.165, 1.54) is 0 Å². The Morgan fingerprint density at radius 1 is 1.39 bits per heavy atom. The first-order chi connectivity index (χ1) is 8.75. The maximum atomic E-state index is 5.67. The summed E-state index contributed by atoms with van der Waals surface area (Å²) < 4.78 is 7.48. The maximum absolute atomic E-state index is 5.67. The molecule has 2 rings (SSSR count). The number of thiocarbonyl (C=S) groups is 1. The van der Waals surface area contributed by atoms with Crippen LogP contribution in [0, 0.1) is 0 Å². The van der Waals surface area contributed by atoms with Gasteiger partial charge in [-0.25, -0.2) is 0 Å². The van der Waals surface area contributed by atoms with Crippen LogP contribution in [-0.4, -0.2) is 21.5 Å². The summed E-state index contributed by atoms with van der Waals surface area (Å²) in [6, 6.07) is 9.39. The van der Waals surface area contributed by atoms with Gasteiger partial charge >= 0.3 is 0 Å². The van der Waals surface area contributed by atoms with Crippen LogP contribution in [0.4, 0.5) is 5.69 Å². The van der Waals surface area contributed by atoms with Crippen LogP contribution < -0.4 is 15.8 Å². The van der Waals surface area contributed by atoms with Gasteiger partial charge in [0.2, 0.25) is 0 Å². The molecule has 94 valence electrons. The third kappa shape index (κ3) is 3.46. The summed E-state index contributed by atoms with van der Waals surface area (Å²) in [5, 5.41) is 7.20. The number of ether oxygens (including phenoxy) is 1. The number of para-hydroxylation sites is 2. The molecule has 18 heavy (non-hydrogen) atoms. The molecule has 5 nitrogen and oxygen atoms in total. The molecule has 0 saturated heterocycles. The van der Waals surface area contributed by atoms with Gasteiger partial charge in [-0.2, -0.15) is 5.10 Å². The quantitative estimate of drug-likeness (QED) is 0.802. The van der Waals surface area contributed by atoms with Gasteiger partial charge in [0, 0.05) is 12.4 Å². The average molecular weight is 262 g/mol. The number of hydrogen-bond donors (Lipinski definition) is 2. The largest absolute Gasteiger partial charge is 0.489 e. The van der Waals surface area contributed by atoms with Gasteiger partial charge in [-0.05, 0) is 30.4 Å². The molecule has 1 aromatic heterocycles. The van der Waals surface area contributed by atoms with Gasteiger partial charge in [0.05, 0.1) is 12.2 Å². The fraction of sp³-hybridized carbons (Fsp3) is 0.167. The number of benzene rings is 1. The van der Waals surface area contributed by atoms with Crippen molar-refractivity contribution in [2.75, 3.05) is 11.9 Å². The van der Waals surface area contributed by atoms with Crippen molar-refractivity contribution in [3.63, 3.8) is 0 Å². The van der Waals surface area contributed by atoms with Crippen molar-refractivity contribution in [1.82, 2.24) is 9.78 Å². The first-order valence-electron chi connectivity index (χ1n) is 5.51. The Labute approximate surface area is 111 Å². The number of nitrogens with two attached hydrogens (primary N) is 1. The molecule has 0 atom stereocenters. The van der Waals surface area contributed by atoms with Crippen LogP contribution in [0.15, 0.2) is 42.7 Å². The lowest BCUT2D eigenvalue weighted by Crippen LogP contribution is -2.19. The smallest absolute Gasteiger partial charge is 0.168 e. The lowest BCUT2D eigenvalue weighted by Gasteiger charge is -2.12. The summed E-state index contributed by atoms with van der Waals surface area (Å²) in [4.78, 5) is 0. The van der Waals surface area contributed by atoms with E-state index in [9.17, 15) is 0 Å². The van der Waals surface area contributed by atoms with E-state index in [-0.39, 0.29) is 5.11 Å². The molecular weight excluding hydrogens is 248 g/mol. The number of nitrogens with zero attached hydrogens (tertiary/aromatic N) is 2. The standard InChI is InChI=1S/C12H14N4OS/c13-12(18)15-10-4-1-2-5-11(10)17-9-8-16-7-3-6-14-16/h1-7H,8-9H2,(H3,13,15,18). The minimum absolute atomic E-state index is 0.220. The summed E-state index contributed by atoms with van der Waals surface area (Å²) in [6.07, 6.45) is 3.63. The predicted molar refractivity (Wildman–Crippen MR) is 74.6 cm³/mol. The summed E-state index contributed by atoms with van der Waals surface area (Å²) >= 11 is 4.81. The molecule has 1 heterocycles. The molecule has 0 saturated carbocycles. The highest BCUT2D eigenvalue weighted by Crippen LogP contribution is 2.23.